The number of nitrogens with two attached hydrogens (primary N) is 1. The number of carbonyl (C=O) groups excluding carboxylic acids is 2. The van der Waals surface area contributed by atoms with E-state index in [2.05, 4.69) is 5.32 Å². The average molecular weight is 319 g/mol. The fourth-order valence-electron chi connectivity index (χ4n) is 2.96. The van der Waals surface area contributed by atoms with Crippen molar-refractivity contribution in [2.75, 3.05) is 26.4 Å². The molecule has 0 spiro atoms. The zero-order valence-electron chi connectivity index (χ0n) is 12.9. The molecule has 23 heavy (non-hydrogen) atoms. The second kappa shape index (κ2) is 6.76. The monoisotopic (exact) mass is 319 g/mol. The molecule has 1 aromatic rings. The maximum Gasteiger partial charge on any atom is 0.314 e. The summed E-state index contributed by atoms with van der Waals surface area (Å²) < 4.78 is 10.6. The van der Waals surface area contributed by atoms with E-state index in [0.29, 0.717) is 26.1 Å². The van der Waals surface area contributed by atoms with Crippen LogP contribution in [0.25, 0.3) is 0 Å². The maximum atomic E-state index is 12.2. The first-order valence-corrected chi connectivity index (χ1v) is 7.84. The number of benzene rings is 1. The van der Waals surface area contributed by atoms with E-state index in [1.807, 2.05) is 18.2 Å². The summed E-state index contributed by atoms with van der Waals surface area (Å²) in [5.74, 6) is 1.31. The number of nitrogens with one attached hydrogen (secondary N) is 1. The smallest absolute Gasteiger partial charge is 0.314 e. The summed E-state index contributed by atoms with van der Waals surface area (Å²) in [6, 6.07) is 5.33. The van der Waals surface area contributed by atoms with Crippen molar-refractivity contribution in [3.8, 4) is 11.5 Å². The molecule has 7 heteroatoms. The van der Waals surface area contributed by atoms with E-state index >= 15 is 0 Å². The zero-order chi connectivity index (χ0) is 16.2. The first kappa shape index (κ1) is 15.5. The Morgan fingerprint density at radius 2 is 2.13 bits per heavy atom. The molecule has 3 amide bonds. The largest absolute Gasteiger partial charge is 0.454 e. The Morgan fingerprint density at radius 1 is 1.30 bits per heavy atom. The van der Waals surface area contributed by atoms with Crippen LogP contribution in [0.5, 0.6) is 11.5 Å². The van der Waals surface area contributed by atoms with Crippen LogP contribution in [0.3, 0.4) is 0 Å². The predicted octanol–water partition coefficient (Wildman–Crippen LogP) is 0.865. The van der Waals surface area contributed by atoms with Gasteiger partial charge in [0.25, 0.3) is 0 Å². The van der Waals surface area contributed by atoms with E-state index in [0.717, 1.165) is 29.9 Å². The Bertz CT molecular complexity index is 605. The number of primary amides is 1. The van der Waals surface area contributed by atoms with Crippen molar-refractivity contribution in [3.63, 3.8) is 0 Å². The lowest BCUT2D eigenvalue weighted by atomic mass is 9.97. The number of likely N-dealkylation sites (tertiary alicyclic amines) is 1. The van der Waals surface area contributed by atoms with Crippen molar-refractivity contribution in [1.82, 2.24) is 10.2 Å². The third-order valence-electron chi connectivity index (χ3n) is 4.25. The van der Waals surface area contributed by atoms with Gasteiger partial charge in [-0.15, -0.1) is 0 Å². The average Bonchev–Trinajstić information content (AvgIpc) is 3.02. The Balaban J connectivity index is 1.46. The van der Waals surface area contributed by atoms with Gasteiger partial charge < -0.3 is 25.4 Å². The van der Waals surface area contributed by atoms with Crippen LogP contribution in [0.15, 0.2) is 18.2 Å². The Morgan fingerprint density at radius 3 is 2.96 bits per heavy atom. The number of amides is 3. The van der Waals surface area contributed by atoms with Crippen LogP contribution in [0.1, 0.15) is 18.4 Å². The summed E-state index contributed by atoms with van der Waals surface area (Å²) >= 11 is 0. The molecule has 124 valence electrons. The molecule has 0 saturated carbocycles. The minimum Gasteiger partial charge on any atom is -0.454 e. The number of piperidine rings is 1. The standard InChI is InChI=1S/C16H21N3O4/c17-16(21)19-7-1-2-12(9-19)15(20)18-6-5-11-3-4-13-14(8-11)23-10-22-13/h3-4,8,12H,1-2,5-7,9-10H2,(H2,17,21)(H,18,20)/t12-/m1/s1. The number of nitrogens with zero attached hydrogens (tertiary/aromatic N) is 1. The van der Waals surface area contributed by atoms with Crippen molar-refractivity contribution < 1.29 is 19.1 Å². The lowest BCUT2D eigenvalue weighted by Gasteiger charge is -2.30. The summed E-state index contributed by atoms with van der Waals surface area (Å²) in [6.07, 6.45) is 2.32. The van der Waals surface area contributed by atoms with Crippen molar-refractivity contribution in [1.29, 1.82) is 0 Å². The molecule has 0 aliphatic carbocycles. The highest BCUT2D eigenvalue weighted by Gasteiger charge is 2.27. The number of fused-ring (bicyclic) bond motifs is 1. The number of urea groups is 1. The maximum absolute atomic E-state index is 12.2. The van der Waals surface area contributed by atoms with Crippen LogP contribution in [-0.2, 0) is 11.2 Å². The first-order chi connectivity index (χ1) is 11.1. The van der Waals surface area contributed by atoms with Gasteiger partial charge in [0.15, 0.2) is 11.5 Å². The molecule has 2 heterocycles. The summed E-state index contributed by atoms with van der Waals surface area (Å²) in [7, 11) is 0. The Hall–Kier alpha value is -2.44. The van der Waals surface area contributed by atoms with Crippen molar-refractivity contribution >= 4 is 11.9 Å². The lowest BCUT2D eigenvalue weighted by Crippen LogP contribution is -2.47. The number of ether oxygens (including phenoxy) is 2. The topological polar surface area (TPSA) is 93.9 Å². The van der Waals surface area contributed by atoms with Gasteiger partial charge in [0.1, 0.15) is 0 Å². The highest BCUT2D eigenvalue weighted by molar-refractivity contribution is 5.80. The molecule has 1 atom stereocenters. The van der Waals surface area contributed by atoms with Gasteiger partial charge in [-0.1, -0.05) is 6.07 Å². The van der Waals surface area contributed by atoms with Gasteiger partial charge >= 0.3 is 6.03 Å². The normalized spacial score (nSPS) is 19.5. The highest BCUT2D eigenvalue weighted by Crippen LogP contribution is 2.32. The quantitative estimate of drug-likeness (QED) is 0.861. The molecule has 3 rings (SSSR count). The van der Waals surface area contributed by atoms with E-state index in [-0.39, 0.29) is 18.6 Å². The van der Waals surface area contributed by atoms with E-state index < -0.39 is 6.03 Å². The molecule has 0 aromatic heterocycles. The van der Waals surface area contributed by atoms with Crippen LogP contribution in [-0.4, -0.2) is 43.3 Å². The molecular weight excluding hydrogens is 298 g/mol. The van der Waals surface area contributed by atoms with Crippen molar-refractivity contribution in [2.24, 2.45) is 11.7 Å². The number of carbonyl (C=O) groups is 2. The van der Waals surface area contributed by atoms with Gasteiger partial charge in [-0.2, -0.15) is 0 Å². The number of rotatable bonds is 4. The molecule has 1 fully saturated rings. The molecule has 1 saturated heterocycles. The molecule has 0 radical (unpaired) electrons. The third kappa shape index (κ3) is 3.67. The minimum absolute atomic E-state index is 0.0170. The number of hydrogen-bond donors (Lipinski definition) is 2. The van der Waals surface area contributed by atoms with Gasteiger partial charge in [-0.05, 0) is 37.0 Å². The summed E-state index contributed by atoms with van der Waals surface area (Å²) in [5, 5.41) is 2.94. The van der Waals surface area contributed by atoms with Crippen LogP contribution in [0.2, 0.25) is 0 Å². The molecular formula is C16H21N3O4. The molecule has 7 nitrogen and oxygen atoms in total. The zero-order valence-corrected chi connectivity index (χ0v) is 12.9. The SMILES string of the molecule is NC(=O)N1CCC[C@@H](C(=O)NCCc2ccc3c(c2)OCO3)C1. The van der Waals surface area contributed by atoms with E-state index in [1.165, 1.54) is 4.90 Å². The van der Waals surface area contributed by atoms with Crippen LogP contribution in [0, 0.1) is 5.92 Å². The lowest BCUT2D eigenvalue weighted by molar-refractivity contribution is -0.126. The number of hydrogen-bond acceptors (Lipinski definition) is 4. The van der Waals surface area contributed by atoms with Crippen LogP contribution in [0.4, 0.5) is 4.79 Å². The summed E-state index contributed by atoms with van der Waals surface area (Å²) in [6.45, 7) is 1.85. The molecule has 0 unspecified atom stereocenters. The van der Waals surface area contributed by atoms with E-state index in [1.54, 1.807) is 0 Å². The summed E-state index contributed by atoms with van der Waals surface area (Å²) in [5.41, 5.74) is 6.36. The van der Waals surface area contributed by atoms with Crippen LogP contribution >= 0.6 is 0 Å². The molecule has 2 aliphatic rings. The van der Waals surface area contributed by atoms with Gasteiger partial charge in [0, 0.05) is 19.6 Å². The fraction of sp³-hybridized carbons (Fsp3) is 0.500. The Labute approximate surface area is 134 Å². The third-order valence-corrected chi connectivity index (χ3v) is 4.25. The van der Waals surface area contributed by atoms with Crippen molar-refractivity contribution in [3.05, 3.63) is 23.8 Å². The second-order valence-electron chi connectivity index (χ2n) is 5.85. The minimum atomic E-state index is -0.456. The summed E-state index contributed by atoms with van der Waals surface area (Å²) in [4.78, 5) is 25.0. The molecule has 1 aromatic carbocycles. The van der Waals surface area contributed by atoms with Gasteiger partial charge in [0.05, 0.1) is 5.92 Å². The van der Waals surface area contributed by atoms with Gasteiger partial charge in [-0.25, -0.2) is 4.79 Å². The van der Waals surface area contributed by atoms with E-state index in [9.17, 15) is 9.59 Å². The molecule has 2 aliphatic heterocycles. The highest BCUT2D eigenvalue weighted by atomic mass is 16.7. The van der Waals surface area contributed by atoms with Gasteiger partial charge in [-0.3, -0.25) is 4.79 Å². The molecule has 3 N–H and O–H groups in total. The first-order valence-electron chi connectivity index (χ1n) is 7.84. The van der Waals surface area contributed by atoms with E-state index in [4.69, 9.17) is 15.2 Å². The predicted molar refractivity (Wildman–Crippen MR) is 83.2 cm³/mol. The second-order valence-corrected chi connectivity index (χ2v) is 5.85. The Kier molecular flexibility index (Phi) is 4.55. The van der Waals surface area contributed by atoms with Crippen molar-refractivity contribution in [2.45, 2.75) is 19.3 Å². The van der Waals surface area contributed by atoms with Crippen LogP contribution < -0.4 is 20.5 Å². The molecule has 0 bridgehead atoms. The van der Waals surface area contributed by atoms with Gasteiger partial charge in [0.2, 0.25) is 12.7 Å². The fourth-order valence-corrected chi connectivity index (χ4v) is 2.96.